The third kappa shape index (κ3) is 2.67. The summed E-state index contributed by atoms with van der Waals surface area (Å²) < 4.78 is 5.94. The van der Waals surface area contributed by atoms with Crippen LogP contribution in [0, 0.1) is 0 Å². The van der Waals surface area contributed by atoms with Gasteiger partial charge in [0, 0.05) is 10.9 Å². The van der Waals surface area contributed by atoms with E-state index >= 15 is 0 Å². The molecular weight excluding hydrogens is 302 g/mol. The molecule has 1 fully saturated rings. The van der Waals surface area contributed by atoms with E-state index in [1.165, 1.54) is 0 Å². The maximum atomic E-state index is 13.0. The number of aromatic nitrogens is 2. The smallest absolute Gasteiger partial charge is 0.254 e. The van der Waals surface area contributed by atoms with Crippen LogP contribution in [-0.4, -0.2) is 40.2 Å². The van der Waals surface area contributed by atoms with Crippen molar-refractivity contribution in [3.05, 3.63) is 65.9 Å². The summed E-state index contributed by atoms with van der Waals surface area (Å²) in [7, 11) is 0. The number of H-pyrrole nitrogens is 1. The molecule has 2 heterocycles. The first-order valence-corrected chi connectivity index (χ1v) is 8.13. The summed E-state index contributed by atoms with van der Waals surface area (Å²) in [6.45, 7) is 3.13. The molecule has 24 heavy (non-hydrogen) atoms. The minimum absolute atomic E-state index is 0.0369. The third-order valence-corrected chi connectivity index (χ3v) is 4.55. The SMILES string of the molecule is CC1COC(c2ccccc2)CN1C(=O)c1ccc2[nH]ncc2c1. The van der Waals surface area contributed by atoms with Gasteiger partial charge >= 0.3 is 0 Å². The molecule has 0 bridgehead atoms. The molecule has 1 N–H and O–H groups in total. The second-order valence-corrected chi connectivity index (χ2v) is 6.21. The second-order valence-electron chi connectivity index (χ2n) is 6.21. The molecule has 1 aliphatic rings. The van der Waals surface area contributed by atoms with E-state index in [1.807, 2.05) is 60.4 Å². The van der Waals surface area contributed by atoms with Gasteiger partial charge in [0.05, 0.1) is 30.9 Å². The molecule has 3 aromatic rings. The number of morpholine rings is 1. The van der Waals surface area contributed by atoms with Gasteiger partial charge < -0.3 is 9.64 Å². The Kier molecular flexibility index (Phi) is 3.78. The van der Waals surface area contributed by atoms with Crippen molar-refractivity contribution in [3.8, 4) is 0 Å². The fraction of sp³-hybridized carbons (Fsp3) is 0.263. The number of amides is 1. The van der Waals surface area contributed by atoms with E-state index in [0.717, 1.165) is 16.5 Å². The predicted molar refractivity (Wildman–Crippen MR) is 91.7 cm³/mol. The van der Waals surface area contributed by atoms with Crippen molar-refractivity contribution in [2.45, 2.75) is 19.1 Å². The van der Waals surface area contributed by atoms with E-state index in [-0.39, 0.29) is 18.1 Å². The molecule has 0 radical (unpaired) electrons. The van der Waals surface area contributed by atoms with Gasteiger partial charge in [-0.25, -0.2) is 0 Å². The van der Waals surface area contributed by atoms with Gasteiger partial charge in [-0.15, -0.1) is 0 Å². The van der Waals surface area contributed by atoms with Crippen molar-refractivity contribution in [3.63, 3.8) is 0 Å². The Hall–Kier alpha value is -2.66. The van der Waals surface area contributed by atoms with Crippen LogP contribution < -0.4 is 0 Å². The summed E-state index contributed by atoms with van der Waals surface area (Å²) in [4.78, 5) is 14.9. The fourth-order valence-electron chi connectivity index (χ4n) is 3.15. The Balaban J connectivity index is 1.59. The van der Waals surface area contributed by atoms with Crippen LogP contribution in [-0.2, 0) is 4.74 Å². The standard InChI is InChI=1S/C19H19N3O2/c1-13-12-24-18(14-5-3-2-4-6-14)11-22(13)19(23)15-7-8-17-16(9-15)10-20-21-17/h2-10,13,18H,11-12H2,1H3,(H,20,21). The molecule has 1 aromatic heterocycles. The van der Waals surface area contributed by atoms with Crippen molar-refractivity contribution >= 4 is 16.8 Å². The van der Waals surface area contributed by atoms with Crippen molar-refractivity contribution in [1.82, 2.24) is 15.1 Å². The highest BCUT2D eigenvalue weighted by atomic mass is 16.5. The molecule has 2 unspecified atom stereocenters. The van der Waals surface area contributed by atoms with Gasteiger partial charge in [-0.1, -0.05) is 30.3 Å². The van der Waals surface area contributed by atoms with Gasteiger partial charge in [-0.3, -0.25) is 9.89 Å². The Morgan fingerprint density at radius 1 is 1.25 bits per heavy atom. The van der Waals surface area contributed by atoms with E-state index in [4.69, 9.17) is 4.74 Å². The molecule has 0 aliphatic carbocycles. The molecule has 1 aliphatic heterocycles. The zero-order chi connectivity index (χ0) is 16.5. The Labute approximate surface area is 140 Å². The molecule has 1 amide bonds. The van der Waals surface area contributed by atoms with Crippen molar-refractivity contribution in [1.29, 1.82) is 0 Å². The van der Waals surface area contributed by atoms with Crippen molar-refractivity contribution in [2.75, 3.05) is 13.2 Å². The highest BCUT2D eigenvalue weighted by Gasteiger charge is 2.31. The zero-order valence-electron chi connectivity index (χ0n) is 13.5. The van der Waals surface area contributed by atoms with E-state index in [0.29, 0.717) is 18.7 Å². The van der Waals surface area contributed by atoms with Crippen LogP contribution in [0.1, 0.15) is 28.9 Å². The predicted octanol–water partition coefficient (Wildman–Crippen LogP) is 3.17. The largest absolute Gasteiger partial charge is 0.370 e. The van der Waals surface area contributed by atoms with Gasteiger partial charge in [-0.05, 0) is 30.7 Å². The normalized spacial score (nSPS) is 21.1. The number of ether oxygens (including phenoxy) is 1. The highest BCUT2D eigenvalue weighted by Crippen LogP contribution is 2.26. The number of benzene rings is 2. The van der Waals surface area contributed by atoms with E-state index in [9.17, 15) is 4.79 Å². The summed E-state index contributed by atoms with van der Waals surface area (Å²) in [6.07, 6.45) is 1.66. The lowest BCUT2D eigenvalue weighted by Crippen LogP contribution is -2.48. The Bertz CT molecular complexity index is 859. The number of hydrogen-bond donors (Lipinski definition) is 1. The number of fused-ring (bicyclic) bond motifs is 1. The molecule has 1 saturated heterocycles. The van der Waals surface area contributed by atoms with Crippen LogP contribution in [0.25, 0.3) is 10.9 Å². The van der Waals surface area contributed by atoms with Gasteiger partial charge in [0.25, 0.3) is 5.91 Å². The van der Waals surface area contributed by atoms with Gasteiger partial charge in [0.2, 0.25) is 0 Å². The Morgan fingerprint density at radius 2 is 2.08 bits per heavy atom. The second kappa shape index (κ2) is 6.09. The van der Waals surface area contributed by atoms with Gasteiger partial charge in [0.15, 0.2) is 0 Å². The van der Waals surface area contributed by atoms with E-state index in [2.05, 4.69) is 10.2 Å². The fourth-order valence-corrected chi connectivity index (χ4v) is 3.15. The van der Waals surface area contributed by atoms with Gasteiger partial charge in [-0.2, -0.15) is 5.10 Å². The molecule has 2 aromatic carbocycles. The lowest BCUT2D eigenvalue weighted by Gasteiger charge is -2.38. The number of rotatable bonds is 2. The molecule has 0 saturated carbocycles. The molecular formula is C19H19N3O2. The molecule has 122 valence electrons. The number of carbonyl (C=O) groups is 1. The van der Waals surface area contributed by atoms with E-state index in [1.54, 1.807) is 6.20 Å². The summed E-state index contributed by atoms with van der Waals surface area (Å²) >= 11 is 0. The minimum Gasteiger partial charge on any atom is -0.370 e. The maximum Gasteiger partial charge on any atom is 0.254 e. The van der Waals surface area contributed by atoms with Crippen LogP contribution in [0.3, 0.4) is 0 Å². The first kappa shape index (κ1) is 14.9. The summed E-state index contributed by atoms with van der Waals surface area (Å²) in [5, 5.41) is 7.86. The monoisotopic (exact) mass is 321 g/mol. The average Bonchev–Trinajstić information content (AvgIpc) is 3.10. The zero-order valence-corrected chi connectivity index (χ0v) is 13.5. The molecule has 5 nitrogen and oxygen atoms in total. The Morgan fingerprint density at radius 3 is 2.92 bits per heavy atom. The number of nitrogens with one attached hydrogen (secondary N) is 1. The summed E-state index contributed by atoms with van der Waals surface area (Å²) in [5.74, 6) is 0.0369. The van der Waals surface area contributed by atoms with Crippen molar-refractivity contribution in [2.24, 2.45) is 0 Å². The topological polar surface area (TPSA) is 58.2 Å². The lowest BCUT2D eigenvalue weighted by molar-refractivity contribution is -0.0486. The van der Waals surface area contributed by atoms with Crippen LogP contribution in [0.5, 0.6) is 0 Å². The molecule has 4 rings (SSSR count). The van der Waals surface area contributed by atoms with Gasteiger partial charge in [0.1, 0.15) is 6.10 Å². The molecule has 2 atom stereocenters. The quantitative estimate of drug-likeness (QED) is 0.789. The number of hydrogen-bond acceptors (Lipinski definition) is 3. The first-order valence-electron chi connectivity index (χ1n) is 8.13. The average molecular weight is 321 g/mol. The minimum atomic E-state index is -0.0796. The highest BCUT2D eigenvalue weighted by molar-refractivity contribution is 5.98. The maximum absolute atomic E-state index is 13.0. The lowest BCUT2D eigenvalue weighted by atomic mass is 10.0. The van der Waals surface area contributed by atoms with E-state index < -0.39 is 0 Å². The first-order chi connectivity index (χ1) is 11.7. The molecule has 0 spiro atoms. The number of aromatic amines is 1. The van der Waals surface area contributed by atoms with Crippen LogP contribution in [0.4, 0.5) is 0 Å². The molecule has 5 heteroatoms. The number of carbonyl (C=O) groups excluding carboxylic acids is 1. The number of nitrogens with zero attached hydrogens (tertiary/aromatic N) is 2. The third-order valence-electron chi connectivity index (χ3n) is 4.55. The summed E-state index contributed by atoms with van der Waals surface area (Å²) in [6, 6.07) is 15.8. The van der Waals surface area contributed by atoms with Crippen LogP contribution in [0.2, 0.25) is 0 Å². The summed E-state index contributed by atoms with van der Waals surface area (Å²) in [5.41, 5.74) is 2.72. The van der Waals surface area contributed by atoms with Crippen LogP contribution in [0.15, 0.2) is 54.7 Å². The van der Waals surface area contributed by atoms with Crippen molar-refractivity contribution < 1.29 is 9.53 Å². The van der Waals surface area contributed by atoms with Crippen LogP contribution >= 0.6 is 0 Å².